The number of nitrogens with two attached hydrogens (primary N) is 1. The first-order valence-corrected chi connectivity index (χ1v) is 11.6. The molecule has 0 spiro atoms. The van der Waals surface area contributed by atoms with Crippen LogP contribution in [0.1, 0.15) is 62.5 Å². The summed E-state index contributed by atoms with van der Waals surface area (Å²) in [6.45, 7) is 3.57. The van der Waals surface area contributed by atoms with Crippen LogP contribution in [-0.4, -0.2) is 54.9 Å². The number of rotatable bonds is 7. The molecular formula is C24H39N5O. The van der Waals surface area contributed by atoms with E-state index in [0.29, 0.717) is 18.4 Å². The molecule has 1 aliphatic carbocycles. The van der Waals surface area contributed by atoms with E-state index < -0.39 is 0 Å². The number of hydrogen-bond donors (Lipinski definition) is 2. The second kappa shape index (κ2) is 11.3. The van der Waals surface area contributed by atoms with Crippen molar-refractivity contribution in [2.45, 2.75) is 70.5 Å². The zero-order valence-electron chi connectivity index (χ0n) is 18.8. The first-order valence-electron chi connectivity index (χ1n) is 11.6. The predicted octanol–water partition coefficient (Wildman–Crippen LogP) is 3.11. The fraction of sp³-hybridized carbons (Fsp3) is 0.667. The van der Waals surface area contributed by atoms with Crippen LogP contribution in [-0.2, 0) is 17.9 Å². The van der Waals surface area contributed by atoms with Crippen LogP contribution in [0.25, 0.3) is 0 Å². The Balaban J connectivity index is 1.58. The molecule has 6 nitrogen and oxygen atoms in total. The molecule has 1 amide bonds. The van der Waals surface area contributed by atoms with E-state index >= 15 is 0 Å². The molecule has 1 heterocycles. The van der Waals surface area contributed by atoms with E-state index in [1.54, 1.807) is 0 Å². The first kappa shape index (κ1) is 22.6. The van der Waals surface area contributed by atoms with Gasteiger partial charge in [0.05, 0.1) is 0 Å². The lowest BCUT2D eigenvalue weighted by Crippen LogP contribution is -2.47. The predicted molar refractivity (Wildman–Crippen MR) is 123 cm³/mol. The van der Waals surface area contributed by atoms with Crippen molar-refractivity contribution >= 4 is 11.9 Å². The van der Waals surface area contributed by atoms with Crippen molar-refractivity contribution < 1.29 is 4.79 Å². The van der Waals surface area contributed by atoms with Gasteiger partial charge in [-0.25, -0.2) is 0 Å². The molecule has 6 heteroatoms. The SMILES string of the molecule is CN=C(NCc1ccccc1CN(C)C1CCCCC1)N1CCCC(CC(N)=O)C1. The maximum atomic E-state index is 11.3. The topological polar surface area (TPSA) is 74.0 Å². The van der Waals surface area contributed by atoms with Gasteiger partial charge in [0.15, 0.2) is 5.96 Å². The zero-order valence-corrected chi connectivity index (χ0v) is 18.8. The molecule has 1 saturated carbocycles. The highest BCUT2D eigenvalue weighted by molar-refractivity contribution is 5.80. The smallest absolute Gasteiger partial charge is 0.217 e. The Morgan fingerprint density at radius 2 is 1.90 bits per heavy atom. The Bertz CT molecular complexity index is 713. The van der Waals surface area contributed by atoms with Crippen molar-refractivity contribution in [1.29, 1.82) is 0 Å². The third kappa shape index (κ3) is 6.46. The van der Waals surface area contributed by atoms with Crippen LogP contribution in [0.15, 0.2) is 29.3 Å². The van der Waals surface area contributed by atoms with E-state index in [1.807, 2.05) is 7.05 Å². The average Bonchev–Trinajstić information content (AvgIpc) is 2.75. The maximum absolute atomic E-state index is 11.3. The van der Waals surface area contributed by atoms with Crippen molar-refractivity contribution in [1.82, 2.24) is 15.1 Å². The maximum Gasteiger partial charge on any atom is 0.217 e. The monoisotopic (exact) mass is 413 g/mol. The number of piperidine rings is 1. The summed E-state index contributed by atoms with van der Waals surface area (Å²) in [5.74, 6) is 1.03. The summed E-state index contributed by atoms with van der Waals surface area (Å²) in [6.07, 6.45) is 9.36. The number of carbonyl (C=O) groups excluding carboxylic acids is 1. The normalized spacial score (nSPS) is 21.1. The van der Waals surface area contributed by atoms with E-state index in [1.165, 1.54) is 43.2 Å². The van der Waals surface area contributed by atoms with Gasteiger partial charge in [-0.15, -0.1) is 0 Å². The van der Waals surface area contributed by atoms with Gasteiger partial charge in [-0.05, 0) is 49.8 Å². The number of nitrogens with zero attached hydrogens (tertiary/aromatic N) is 3. The number of nitrogens with one attached hydrogen (secondary N) is 1. The van der Waals surface area contributed by atoms with Gasteiger partial charge in [0.2, 0.25) is 5.91 Å². The second-order valence-electron chi connectivity index (χ2n) is 9.00. The molecule has 30 heavy (non-hydrogen) atoms. The van der Waals surface area contributed by atoms with E-state index in [4.69, 9.17) is 5.73 Å². The molecule has 1 aliphatic heterocycles. The number of amides is 1. The lowest BCUT2D eigenvalue weighted by molar-refractivity contribution is -0.119. The van der Waals surface area contributed by atoms with Crippen LogP contribution in [0.2, 0.25) is 0 Å². The number of carbonyl (C=O) groups is 1. The summed E-state index contributed by atoms with van der Waals surface area (Å²) in [7, 11) is 4.11. The lowest BCUT2D eigenvalue weighted by Gasteiger charge is -2.35. The highest BCUT2D eigenvalue weighted by atomic mass is 16.1. The molecular weight excluding hydrogens is 374 g/mol. The van der Waals surface area contributed by atoms with Gasteiger partial charge < -0.3 is 16.0 Å². The van der Waals surface area contributed by atoms with Gasteiger partial charge in [0.25, 0.3) is 0 Å². The average molecular weight is 414 g/mol. The third-order valence-corrected chi connectivity index (χ3v) is 6.69. The summed E-state index contributed by atoms with van der Waals surface area (Å²) in [5.41, 5.74) is 8.13. The number of benzene rings is 1. The number of hydrogen-bond acceptors (Lipinski definition) is 3. The molecule has 1 aromatic rings. The zero-order chi connectivity index (χ0) is 21.3. The van der Waals surface area contributed by atoms with Gasteiger partial charge in [0.1, 0.15) is 0 Å². The second-order valence-corrected chi connectivity index (χ2v) is 9.00. The van der Waals surface area contributed by atoms with E-state index in [9.17, 15) is 4.79 Å². The van der Waals surface area contributed by atoms with E-state index in [2.05, 4.69) is 51.4 Å². The van der Waals surface area contributed by atoms with Crippen LogP contribution in [0.3, 0.4) is 0 Å². The van der Waals surface area contributed by atoms with Crippen molar-refractivity contribution in [3.63, 3.8) is 0 Å². The number of guanidine groups is 1. The summed E-state index contributed by atoms with van der Waals surface area (Å²) in [6, 6.07) is 9.44. The molecule has 0 bridgehead atoms. The van der Waals surface area contributed by atoms with Crippen LogP contribution in [0.4, 0.5) is 0 Å². The highest BCUT2D eigenvalue weighted by Crippen LogP contribution is 2.24. The molecule has 3 N–H and O–H groups in total. The summed E-state index contributed by atoms with van der Waals surface area (Å²) >= 11 is 0. The van der Waals surface area contributed by atoms with Crippen LogP contribution in [0, 0.1) is 5.92 Å². The Kier molecular flexibility index (Phi) is 8.55. The van der Waals surface area contributed by atoms with Crippen molar-refractivity contribution in [2.24, 2.45) is 16.6 Å². The molecule has 1 aromatic carbocycles. The van der Waals surface area contributed by atoms with Gasteiger partial charge in [-0.1, -0.05) is 43.5 Å². The molecule has 3 rings (SSSR count). The van der Waals surface area contributed by atoms with Crippen molar-refractivity contribution in [2.75, 3.05) is 27.2 Å². The van der Waals surface area contributed by atoms with Crippen LogP contribution in [0.5, 0.6) is 0 Å². The quantitative estimate of drug-likeness (QED) is 0.532. The summed E-state index contributed by atoms with van der Waals surface area (Å²) in [4.78, 5) is 20.6. The fourth-order valence-corrected chi connectivity index (χ4v) is 5.02. The highest BCUT2D eigenvalue weighted by Gasteiger charge is 2.24. The minimum atomic E-state index is -0.208. The van der Waals surface area contributed by atoms with Crippen molar-refractivity contribution in [3.05, 3.63) is 35.4 Å². The minimum Gasteiger partial charge on any atom is -0.370 e. The molecule has 1 unspecified atom stereocenters. The largest absolute Gasteiger partial charge is 0.370 e. The van der Waals surface area contributed by atoms with E-state index in [-0.39, 0.29) is 5.91 Å². The third-order valence-electron chi connectivity index (χ3n) is 6.69. The first-order chi connectivity index (χ1) is 14.6. The Labute approximate surface area is 181 Å². The number of likely N-dealkylation sites (tertiary alicyclic amines) is 1. The standard InChI is InChI=1S/C24H39N5O/c1-26-24(29-14-8-9-19(17-29)15-23(25)30)27-16-20-10-6-7-11-21(20)18-28(2)22-12-4-3-5-13-22/h6-7,10-11,19,22H,3-5,8-9,12-18H2,1-2H3,(H2,25,30)(H,26,27). The molecule has 1 saturated heterocycles. The number of primary amides is 1. The molecule has 166 valence electrons. The Morgan fingerprint density at radius 3 is 2.60 bits per heavy atom. The Hall–Kier alpha value is -2.08. The van der Waals surface area contributed by atoms with Crippen LogP contribution < -0.4 is 11.1 Å². The van der Waals surface area contributed by atoms with Crippen molar-refractivity contribution in [3.8, 4) is 0 Å². The van der Waals surface area contributed by atoms with Gasteiger partial charge in [-0.2, -0.15) is 0 Å². The van der Waals surface area contributed by atoms with Gasteiger partial charge in [-0.3, -0.25) is 14.7 Å². The molecule has 1 atom stereocenters. The minimum absolute atomic E-state index is 0.208. The fourth-order valence-electron chi connectivity index (χ4n) is 5.02. The molecule has 2 fully saturated rings. The lowest BCUT2D eigenvalue weighted by atomic mass is 9.94. The Morgan fingerprint density at radius 1 is 1.17 bits per heavy atom. The summed E-state index contributed by atoms with van der Waals surface area (Å²) < 4.78 is 0. The molecule has 0 aromatic heterocycles. The summed E-state index contributed by atoms with van der Waals surface area (Å²) in [5, 5.41) is 3.56. The van der Waals surface area contributed by atoms with Gasteiger partial charge >= 0.3 is 0 Å². The number of aliphatic imine (C=N–C) groups is 1. The van der Waals surface area contributed by atoms with E-state index in [0.717, 1.165) is 45.0 Å². The molecule has 0 radical (unpaired) electrons. The van der Waals surface area contributed by atoms with Gasteiger partial charge in [0, 0.05) is 45.7 Å². The molecule has 2 aliphatic rings. The van der Waals surface area contributed by atoms with Crippen LogP contribution >= 0.6 is 0 Å².